The number of benzene rings is 1. The van der Waals surface area contributed by atoms with Gasteiger partial charge in [0.1, 0.15) is 5.82 Å². The Morgan fingerprint density at radius 3 is 2.83 bits per heavy atom. The molecule has 0 radical (unpaired) electrons. The summed E-state index contributed by atoms with van der Waals surface area (Å²) >= 11 is 5.68. The molecule has 0 spiro atoms. The Balaban J connectivity index is 1.76. The molecule has 2 unspecified atom stereocenters. The summed E-state index contributed by atoms with van der Waals surface area (Å²) in [6, 6.07) is 16.3. The van der Waals surface area contributed by atoms with Gasteiger partial charge in [-0.1, -0.05) is 12.1 Å². The van der Waals surface area contributed by atoms with Crippen molar-refractivity contribution in [3.8, 4) is 5.69 Å². The molecule has 0 amide bonds. The van der Waals surface area contributed by atoms with Crippen molar-refractivity contribution in [1.82, 2.24) is 19.8 Å². The molecule has 29 heavy (non-hydrogen) atoms. The minimum absolute atomic E-state index is 0.0764. The molecule has 2 atom stereocenters. The molecular weight excluding hydrogens is 387 g/mol. The number of pyridine rings is 1. The van der Waals surface area contributed by atoms with Gasteiger partial charge in [0, 0.05) is 44.0 Å². The summed E-state index contributed by atoms with van der Waals surface area (Å²) in [7, 11) is 1.70. The highest BCUT2D eigenvalue weighted by Crippen LogP contribution is 2.39. The zero-order valence-electron chi connectivity index (χ0n) is 16.2. The van der Waals surface area contributed by atoms with Gasteiger partial charge in [-0.3, -0.25) is 4.98 Å². The predicted molar refractivity (Wildman–Crippen MR) is 114 cm³/mol. The SMILES string of the molecule is COCCCN1C(=S)NC(c2ccccn2)C1c1cccn1-c1cccc(F)c1. The quantitative estimate of drug-likeness (QED) is 0.471. The van der Waals surface area contributed by atoms with Crippen molar-refractivity contribution in [2.75, 3.05) is 20.3 Å². The topological polar surface area (TPSA) is 42.3 Å². The maximum Gasteiger partial charge on any atom is 0.170 e. The summed E-state index contributed by atoms with van der Waals surface area (Å²) in [5.41, 5.74) is 2.72. The van der Waals surface area contributed by atoms with Gasteiger partial charge in [-0.05, 0) is 61.1 Å². The van der Waals surface area contributed by atoms with Crippen molar-refractivity contribution in [3.05, 3.63) is 84.2 Å². The fraction of sp³-hybridized carbons (Fsp3) is 0.273. The normalized spacial score (nSPS) is 18.8. The molecule has 2 aromatic heterocycles. The molecule has 1 aliphatic rings. The monoisotopic (exact) mass is 410 g/mol. The first kappa shape index (κ1) is 19.5. The number of nitrogens with zero attached hydrogens (tertiary/aromatic N) is 3. The average molecular weight is 411 g/mol. The Hall–Kier alpha value is -2.77. The van der Waals surface area contributed by atoms with Gasteiger partial charge < -0.3 is 19.5 Å². The number of aromatic nitrogens is 2. The van der Waals surface area contributed by atoms with Gasteiger partial charge in [-0.15, -0.1) is 0 Å². The Morgan fingerprint density at radius 2 is 2.07 bits per heavy atom. The zero-order chi connectivity index (χ0) is 20.2. The number of halogens is 1. The van der Waals surface area contributed by atoms with Crippen LogP contribution < -0.4 is 5.32 Å². The third kappa shape index (κ3) is 4.02. The fourth-order valence-corrected chi connectivity index (χ4v) is 4.18. The number of hydrogen-bond donors (Lipinski definition) is 1. The number of ether oxygens (including phenoxy) is 1. The van der Waals surface area contributed by atoms with E-state index in [4.69, 9.17) is 17.0 Å². The molecule has 150 valence electrons. The number of rotatable bonds is 7. The lowest BCUT2D eigenvalue weighted by Gasteiger charge is -2.29. The molecule has 0 bridgehead atoms. The Kier molecular flexibility index (Phi) is 5.87. The molecule has 3 aromatic rings. The van der Waals surface area contributed by atoms with Gasteiger partial charge in [-0.25, -0.2) is 4.39 Å². The molecule has 0 saturated carbocycles. The van der Waals surface area contributed by atoms with Crippen LogP contribution in [0, 0.1) is 5.82 Å². The van der Waals surface area contributed by atoms with Crippen LogP contribution >= 0.6 is 12.2 Å². The first-order valence-corrected chi connectivity index (χ1v) is 10.00. The zero-order valence-corrected chi connectivity index (χ0v) is 17.0. The lowest BCUT2D eigenvalue weighted by atomic mass is 10.0. The Morgan fingerprint density at radius 1 is 1.17 bits per heavy atom. The van der Waals surface area contributed by atoms with Crippen LogP contribution in [0.5, 0.6) is 0 Å². The van der Waals surface area contributed by atoms with Crippen LogP contribution in [0.1, 0.15) is 29.9 Å². The predicted octanol–water partition coefficient (Wildman–Crippen LogP) is 4.02. The van der Waals surface area contributed by atoms with Gasteiger partial charge >= 0.3 is 0 Å². The third-order valence-corrected chi connectivity index (χ3v) is 5.47. The standard InChI is InChI=1S/C22H23FN4OS/c1-28-14-6-13-27-21(20(25-22(27)29)18-9-2-3-11-24-18)19-10-5-12-26(19)17-8-4-7-16(23)15-17/h2-5,7-12,15,20-21H,6,13-14H2,1H3,(H,25,29). The number of thiocarbonyl (C=S) groups is 1. The molecule has 3 heterocycles. The molecule has 1 saturated heterocycles. The van der Waals surface area contributed by atoms with Crippen molar-refractivity contribution in [1.29, 1.82) is 0 Å². The molecule has 1 aromatic carbocycles. The van der Waals surface area contributed by atoms with E-state index in [0.29, 0.717) is 11.7 Å². The van der Waals surface area contributed by atoms with E-state index >= 15 is 0 Å². The molecule has 4 rings (SSSR count). The Labute approximate surface area is 175 Å². The van der Waals surface area contributed by atoms with Crippen LogP contribution in [0.25, 0.3) is 5.69 Å². The van der Waals surface area contributed by atoms with Crippen molar-refractivity contribution < 1.29 is 9.13 Å². The molecule has 5 nitrogen and oxygen atoms in total. The van der Waals surface area contributed by atoms with Crippen LogP contribution in [0.2, 0.25) is 0 Å². The van der Waals surface area contributed by atoms with Crippen LogP contribution in [0.4, 0.5) is 4.39 Å². The van der Waals surface area contributed by atoms with E-state index in [0.717, 1.165) is 30.0 Å². The summed E-state index contributed by atoms with van der Waals surface area (Å²) < 4.78 is 21.1. The fourth-order valence-electron chi connectivity index (χ4n) is 3.84. The van der Waals surface area contributed by atoms with E-state index in [1.54, 1.807) is 19.4 Å². The second kappa shape index (κ2) is 8.71. The summed E-state index contributed by atoms with van der Waals surface area (Å²) in [4.78, 5) is 6.74. The second-order valence-electron chi connectivity index (χ2n) is 6.95. The highest BCUT2D eigenvalue weighted by atomic mass is 32.1. The van der Waals surface area contributed by atoms with Gasteiger partial charge in [0.25, 0.3) is 0 Å². The van der Waals surface area contributed by atoms with Crippen LogP contribution in [0.3, 0.4) is 0 Å². The average Bonchev–Trinajstić information content (AvgIpc) is 3.33. The van der Waals surface area contributed by atoms with E-state index in [1.165, 1.54) is 12.1 Å². The van der Waals surface area contributed by atoms with Crippen LogP contribution in [-0.2, 0) is 4.74 Å². The van der Waals surface area contributed by atoms with Crippen molar-refractivity contribution in [2.45, 2.75) is 18.5 Å². The van der Waals surface area contributed by atoms with E-state index in [1.807, 2.05) is 41.1 Å². The Bertz CT molecular complexity index is 978. The number of hydrogen-bond acceptors (Lipinski definition) is 3. The maximum absolute atomic E-state index is 13.9. The summed E-state index contributed by atoms with van der Waals surface area (Å²) in [5.74, 6) is -0.263. The van der Waals surface area contributed by atoms with Gasteiger partial charge in [0.2, 0.25) is 0 Å². The minimum atomic E-state index is -0.263. The van der Waals surface area contributed by atoms with Gasteiger partial charge in [-0.2, -0.15) is 0 Å². The lowest BCUT2D eigenvalue weighted by Crippen LogP contribution is -2.32. The van der Waals surface area contributed by atoms with Crippen LogP contribution in [-0.4, -0.2) is 39.8 Å². The van der Waals surface area contributed by atoms with Crippen LogP contribution in [0.15, 0.2) is 67.0 Å². The first-order chi connectivity index (χ1) is 14.2. The first-order valence-electron chi connectivity index (χ1n) is 9.59. The largest absolute Gasteiger partial charge is 0.385 e. The maximum atomic E-state index is 13.9. The molecule has 1 aliphatic heterocycles. The van der Waals surface area contributed by atoms with E-state index < -0.39 is 0 Å². The summed E-state index contributed by atoms with van der Waals surface area (Å²) in [5, 5.41) is 4.13. The minimum Gasteiger partial charge on any atom is -0.385 e. The third-order valence-electron chi connectivity index (χ3n) is 5.11. The molecule has 1 N–H and O–H groups in total. The highest BCUT2D eigenvalue weighted by Gasteiger charge is 2.40. The second-order valence-corrected chi connectivity index (χ2v) is 7.34. The van der Waals surface area contributed by atoms with Crippen molar-refractivity contribution >= 4 is 17.3 Å². The van der Waals surface area contributed by atoms with Gasteiger partial charge in [0.15, 0.2) is 5.11 Å². The van der Waals surface area contributed by atoms with E-state index in [9.17, 15) is 4.39 Å². The highest BCUT2D eigenvalue weighted by molar-refractivity contribution is 7.80. The van der Waals surface area contributed by atoms with Gasteiger partial charge in [0.05, 0.1) is 17.8 Å². The molecular formula is C22H23FN4OS. The van der Waals surface area contributed by atoms with Crippen molar-refractivity contribution in [2.24, 2.45) is 0 Å². The van der Waals surface area contributed by atoms with E-state index in [2.05, 4.69) is 21.3 Å². The smallest absolute Gasteiger partial charge is 0.170 e. The molecule has 7 heteroatoms. The summed E-state index contributed by atoms with van der Waals surface area (Å²) in [6.07, 6.45) is 4.59. The number of methoxy groups -OCH3 is 1. The van der Waals surface area contributed by atoms with Crippen molar-refractivity contribution in [3.63, 3.8) is 0 Å². The van der Waals surface area contributed by atoms with E-state index in [-0.39, 0.29) is 17.9 Å². The molecule has 0 aliphatic carbocycles. The molecule has 1 fully saturated rings. The number of nitrogens with one attached hydrogen (secondary N) is 1. The summed E-state index contributed by atoms with van der Waals surface area (Å²) in [6.45, 7) is 1.41. The lowest BCUT2D eigenvalue weighted by molar-refractivity contribution is 0.180.